The monoisotopic (exact) mass is 572 g/mol. The van der Waals surface area contributed by atoms with Gasteiger partial charge in [-0.3, -0.25) is 9.36 Å². The lowest BCUT2D eigenvalue weighted by molar-refractivity contribution is -0.112. The number of guanidine groups is 1. The SMILES string of the molecule is C[C@H]1[C@@H](NC(=Nc2ccc3c(=O)n([C@H](C)Cc4ccc(F)cc4)cnc3c2)N2C[C@@H](C)N[C@@H](C)C2)C[C@@H]2C[C@@H]1C2(C)C. The summed E-state index contributed by atoms with van der Waals surface area (Å²) in [4.78, 5) is 25.7. The van der Waals surface area contributed by atoms with Crippen molar-refractivity contribution in [1.29, 1.82) is 0 Å². The Hall–Kier alpha value is -3.26. The Morgan fingerprint density at radius 1 is 1.12 bits per heavy atom. The molecule has 7 atom stereocenters. The van der Waals surface area contributed by atoms with E-state index in [4.69, 9.17) is 4.99 Å². The topological polar surface area (TPSA) is 74.5 Å². The summed E-state index contributed by atoms with van der Waals surface area (Å²) >= 11 is 0. The van der Waals surface area contributed by atoms with Crippen LogP contribution in [0, 0.1) is 29.0 Å². The Balaban J connectivity index is 1.28. The maximum Gasteiger partial charge on any atom is 0.261 e. The van der Waals surface area contributed by atoms with Gasteiger partial charge in [-0.25, -0.2) is 14.4 Å². The number of fused-ring (bicyclic) bond motifs is 3. The van der Waals surface area contributed by atoms with Gasteiger partial charge < -0.3 is 15.5 Å². The van der Waals surface area contributed by atoms with Gasteiger partial charge in [0, 0.05) is 37.3 Å². The zero-order valence-corrected chi connectivity index (χ0v) is 25.8. The quantitative estimate of drug-likeness (QED) is 0.305. The molecule has 7 nitrogen and oxygen atoms in total. The van der Waals surface area contributed by atoms with Gasteiger partial charge in [-0.15, -0.1) is 0 Å². The van der Waals surface area contributed by atoms with Gasteiger partial charge in [0.1, 0.15) is 5.82 Å². The third-order valence-corrected chi connectivity index (χ3v) is 10.4. The molecule has 4 aliphatic rings. The van der Waals surface area contributed by atoms with Crippen LogP contribution in [-0.4, -0.2) is 51.6 Å². The van der Waals surface area contributed by atoms with Crippen LogP contribution in [0.3, 0.4) is 0 Å². The zero-order valence-electron chi connectivity index (χ0n) is 25.8. The van der Waals surface area contributed by atoms with E-state index in [1.807, 2.05) is 25.1 Å². The highest BCUT2D eigenvalue weighted by atomic mass is 19.1. The van der Waals surface area contributed by atoms with Crippen LogP contribution in [0.5, 0.6) is 0 Å². The molecule has 2 bridgehead atoms. The third-order valence-electron chi connectivity index (χ3n) is 10.4. The average molecular weight is 573 g/mol. The van der Waals surface area contributed by atoms with Gasteiger partial charge in [-0.2, -0.15) is 0 Å². The van der Waals surface area contributed by atoms with Crippen molar-refractivity contribution in [1.82, 2.24) is 25.1 Å². The first-order chi connectivity index (χ1) is 20.0. The minimum atomic E-state index is -0.262. The maximum atomic E-state index is 13.5. The Labute approximate surface area is 248 Å². The first kappa shape index (κ1) is 28.8. The second-order valence-corrected chi connectivity index (χ2v) is 13.9. The van der Waals surface area contributed by atoms with Crippen molar-refractivity contribution in [2.45, 2.75) is 85.0 Å². The molecule has 0 radical (unpaired) electrons. The van der Waals surface area contributed by atoms with Crippen molar-refractivity contribution < 1.29 is 4.39 Å². The standard InChI is InChI=1S/C34H45FN6O/c1-20-17-40(18-21(2)37-20)33(39-30-15-25-14-29(23(30)4)34(25,5)6)38-27-11-12-28-31(16-27)36-19-41(32(28)42)22(3)13-24-7-9-26(35)10-8-24/h7-12,16,19-23,25,29-30,37H,13-15,17-18H2,1-6H3,(H,38,39)/t20-,21+,22-,23-,25+,29+,30+/m1/s1. The summed E-state index contributed by atoms with van der Waals surface area (Å²) in [7, 11) is 0. The fraction of sp³-hybridized carbons (Fsp3) is 0.559. The first-order valence-electron chi connectivity index (χ1n) is 15.6. The summed E-state index contributed by atoms with van der Waals surface area (Å²) in [5.41, 5.74) is 2.76. The summed E-state index contributed by atoms with van der Waals surface area (Å²) in [6, 6.07) is 13.2. The normalized spacial score (nSPS) is 29.7. The van der Waals surface area contributed by atoms with Crippen molar-refractivity contribution in [2.24, 2.45) is 28.2 Å². The molecule has 0 unspecified atom stereocenters. The van der Waals surface area contributed by atoms with Crippen molar-refractivity contribution >= 4 is 22.5 Å². The van der Waals surface area contributed by atoms with Gasteiger partial charge >= 0.3 is 0 Å². The third kappa shape index (κ3) is 5.46. The van der Waals surface area contributed by atoms with E-state index in [9.17, 15) is 9.18 Å². The fourth-order valence-corrected chi connectivity index (χ4v) is 7.89. The Bertz CT molecular complexity index is 1520. The van der Waals surface area contributed by atoms with Gasteiger partial charge in [-0.1, -0.05) is 32.9 Å². The van der Waals surface area contributed by atoms with Crippen molar-refractivity contribution in [3.63, 3.8) is 0 Å². The molecule has 2 aromatic carbocycles. The number of piperazine rings is 1. The molecule has 3 saturated carbocycles. The van der Waals surface area contributed by atoms with Crippen LogP contribution in [0.25, 0.3) is 10.9 Å². The molecule has 1 saturated heterocycles. The number of rotatable bonds is 5. The number of hydrogen-bond donors (Lipinski definition) is 2. The molecule has 4 fully saturated rings. The zero-order chi connectivity index (χ0) is 29.8. The van der Waals surface area contributed by atoms with Gasteiger partial charge in [0.15, 0.2) is 5.96 Å². The highest BCUT2D eigenvalue weighted by Gasteiger charge is 2.56. The molecule has 224 valence electrons. The highest BCUT2D eigenvalue weighted by molar-refractivity contribution is 5.86. The largest absolute Gasteiger partial charge is 0.353 e. The van der Waals surface area contributed by atoms with Crippen LogP contribution in [0.2, 0.25) is 0 Å². The molecular formula is C34H45FN6O. The van der Waals surface area contributed by atoms with E-state index in [0.717, 1.165) is 42.1 Å². The number of aromatic nitrogens is 2. The lowest BCUT2D eigenvalue weighted by atomic mass is 9.45. The Morgan fingerprint density at radius 2 is 1.83 bits per heavy atom. The molecule has 2 N–H and O–H groups in total. The average Bonchev–Trinajstić information content (AvgIpc) is 2.94. The van der Waals surface area contributed by atoms with Crippen LogP contribution >= 0.6 is 0 Å². The van der Waals surface area contributed by atoms with E-state index in [0.29, 0.717) is 46.8 Å². The molecular weight excluding hydrogens is 527 g/mol. The van der Waals surface area contributed by atoms with E-state index in [1.54, 1.807) is 23.0 Å². The van der Waals surface area contributed by atoms with E-state index >= 15 is 0 Å². The van der Waals surface area contributed by atoms with E-state index in [2.05, 4.69) is 55.1 Å². The smallest absolute Gasteiger partial charge is 0.261 e. The van der Waals surface area contributed by atoms with Gasteiger partial charge in [0.2, 0.25) is 0 Å². The number of hydrogen-bond acceptors (Lipinski definition) is 4. The molecule has 2 heterocycles. The van der Waals surface area contributed by atoms with Crippen LogP contribution in [-0.2, 0) is 6.42 Å². The molecule has 1 aromatic heterocycles. The minimum absolute atomic E-state index is 0.0777. The molecule has 1 aliphatic heterocycles. The second-order valence-electron chi connectivity index (χ2n) is 13.9. The molecule has 0 amide bonds. The summed E-state index contributed by atoms with van der Waals surface area (Å²) < 4.78 is 15.0. The van der Waals surface area contributed by atoms with Crippen LogP contribution in [0.4, 0.5) is 10.1 Å². The summed E-state index contributed by atoms with van der Waals surface area (Å²) in [6.45, 7) is 15.5. The van der Waals surface area contributed by atoms with Gasteiger partial charge in [0.25, 0.3) is 5.56 Å². The number of nitrogens with one attached hydrogen (secondary N) is 2. The summed E-state index contributed by atoms with van der Waals surface area (Å²) in [5, 5.41) is 8.13. The van der Waals surface area contributed by atoms with E-state index in [1.165, 1.54) is 25.0 Å². The van der Waals surface area contributed by atoms with E-state index in [-0.39, 0.29) is 17.4 Å². The predicted molar refractivity (Wildman–Crippen MR) is 168 cm³/mol. The molecule has 3 aromatic rings. The lowest BCUT2D eigenvalue weighted by Crippen LogP contribution is -2.64. The second kappa shape index (κ2) is 11.1. The molecule has 3 aliphatic carbocycles. The molecule has 8 heteroatoms. The number of aliphatic imine (C=N–C) groups is 1. The molecule has 0 spiro atoms. The van der Waals surface area contributed by atoms with Gasteiger partial charge in [0.05, 0.1) is 22.9 Å². The van der Waals surface area contributed by atoms with Crippen LogP contribution < -0.4 is 16.2 Å². The van der Waals surface area contributed by atoms with Crippen molar-refractivity contribution in [3.8, 4) is 0 Å². The minimum Gasteiger partial charge on any atom is -0.353 e. The molecule has 7 rings (SSSR count). The number of benzene rings is 2. The van der Waals surface area contributed by atoms with E-state index < -0.39 is 0 Å². The fourth-order valence-electron chi connectivity index (χ4n) is 7.89. The molecule has 42 heavy (non-hydrogen) atoms. The maximum absolute atomic E-state index is 13.5. The highest BCUT2D eigenvalue weighted by Crippen LogP contribution is 2.61. The van der Waals surface area contributed by atoms with Crippen LogP contribution in [0.15, 0.2) is 58.6 Å². The van der Waals surface area contributed by atoms with Crippen LogP contribution in [0.1, 0.15) is 66.0 Å². The van der Waals surface area contributed by atoms with Gasteiger partial charge in [-0.05, 0) is 99.1 Å². The predicted octanol–water partition coefficient (Wildman–Crippen LogP) is 5.67. The first-order valence-corrected chi connectivity index (χ1v) is 15.6. The Morgan fingerprint density at radius 3 is 2.50 bits per heavy atom. The lowest BCUT2D eigenvalue weighted by Gasteiger charge is -2.62. The summed E-state index contributed by atoms with van der Waals surface area (Å²) in [5.74, 6) is 2.75. The number of halogens is 1. The van der Waals surface area contributed by atoms with Crippen molar-refractivity contribution in [2.75, 3.05) is 13.1 Å². The summed E-state index contributed by atoms with van der Waals surface area (Å²) in [6.07, 6.45) is 4.76. The van der Waals surface area contributed by atoms with Crippen molar-refractivity contribution in [3.05, 3.63) is 70.5 Å². The Kier molecular flexibility index (Phi) is 7.62. The number of nitrogens with zero attached hydrogens (tertiary/aromatic N) is 4.